The van der Waals surface area contributed by atoms with E-state index in [4.69, 9.17) is 4.74 Å². The Kier molecular flexibility index (Phi) is 3.75. The fourth-order valence-electron chi connectivity index (χ4n) is 2.33. The molecule has 1 aliphatic rings. The van der Waals surface area contributed by atoms with Gasteiger partial charge in [-0.3, -0.25) is 9.00 Å². The lowest BCUT2D eigenvalue weighted by molar-refractivity contribution is 0.0976. The number of carbonyl (C=O) groups is 1. The van der Waals surface area contributed by atoms with Crippen molar-refractivity contribution in [2.45, 2.75) is 4.90 Å². The molecular formula is C16H15NO3S. The standard InChI is InChI=1S/C16H15NO3S/c1-21(19)13-8-6-12(7-9-13)16(18)17-10-11-20-15-5-3-2-4-14(15)17/h2-9H,10-11H2,1H3/t21-/m0/s1. The minimum absolute atomic E-state index is 0.0702. The lowest BCUT2D eigenvalue weighted by Crippen LogP contribution is -2.37. The molecule has 0 unspecified atom stereocenters. The van der Waals surface area contributed by atoms with Crippen LogP contribution in [-0.2, 0) is 10.8 Å². The third-order valence-electron chi connectivity index (χ3n) is 3.41. The van der Waals surface area contributed by atoms with E-state index in [1.165, 1.54) is 0 Å². The van der Waals surface area contributed by atoms with Gasteiger partial charge in [-0.2, -0.15) is 0 Å². The fraction of sp³-hybridized carbons (Fsp3) is 0.188. The summed E-state index contributed by atoms with van der Waals surface area (Å²) in [5.74, 6) is 0.655. The van der Waals surface area contributed by atoms with Gasteiger partial charge < -0.3 is 9.64 Å². The van der Waals surface area contributed by atoms with Crippen molar-refractivity contribution in [2.24, 2.45) is 0 Å². The van der Waals surface area contributed by atoms with Crippen LogP contribution in [-0.4, -0.2) is 29.5 Å². The Bertz CT molecular complexity index is 697. The van der Waals surface area contributed by atoms with Crippen molar-refractivity contribution in [2.75, 3.05) is 24.3 Å². The van der Waals surface area contributed by atoms with Gasteiger partial charge in [0.15, 0.2) is 0 Å². The minimum Gasteiger partial charge on any atom is -0.490 e. The molecule has 0 aliphatic carbocycles. The Balaban J connectivity index is 1.91. The van der Waals surface area contributed by atoms with Gasteiger partial charge in [0, 0.05) is 27.5 Å². The molecule has 0 bridgehead atoms. The number of para-hydroxylation sites is 2. The molecular weight excluding hydrogens is 286 g/mol. The number of hydrogen-bond donors (Lipinski definition) is 0. The van der Waals surface area contributed by atoms with Crippen LogP contribution in [0.2, 0.25) is 0 Å². The quantitative estimate of drug-likeness (QED) is 0.856. The number of anilines is 1. The van der Waals surface area contributed by atoms with Crippen LogP contribution < -0.4 is 9.64 Å². The maximum Gasteiger partial charge on any atom is 0.258 e. The first-order valence-corrected chi connectivity index (χ1v) is 8.20. The SMILES string of the molecule is C[S@](=O)c1ccc(C(=O)N2CCOc3ccccc32)cc1. The predicted molar refractivity (Wildman–Crippen MR) is 82.4 cm³/mol. The number of ether oxygens (including phenoxy) is 1. The van der Waals surface area contributed by atoms with E-state index in [0.29, 0.717) is 23.6 Å². The molecule has 0 saturated carbocycles. The molecule has 1 aliphatic heterocycles. The molecule has 1 atom stereocenters. The summed E-state index contributed by atoms with van der Waals surface area (Å²) in [5, 5.41) is 0. The zero-order chi connectivity index (χ0) is 14.8. The lowest BCUT2D eigenvalue weighted by Gasteiger charge is -2.29. The number of fused-ring (bicyclic) bond motifs is 1. The van der Waals surface area contributed by atoms with Crippen molar-refractivity contribution in [3.63, 3.8) is 0 Å². The Morgan fingerprint density at radius 3 is 2.57 bits per heavy atom. The number of hydrogen-bond acceptors (Lipinski definition) is 3. The number of benzene rings is 2. The van der Waals surface area contributed by atoms with Crippen molar-refractivity contribution in [1.82, 2.24) is 0 Å². The normalized spacial score (nSPS) is 15.0. The van der Waals surface area contributed by atoms with Gasteiger partial charge in [-0.1, -0.05) is 12.1 Å². The fourth-order valence-corrected chi connectivity index (χ4v) is 2.84. The van der Waals surface area contributed by atoms with Gasteiger partial charge in [0.25, 0.3) is 5.91 Å². The van der Waals surface area contributed by atoms with E-state index in [-0.39, 0.29) is 5.91 Å². The van der Waals surface area contributed by atoms with Crippen LogP contribution in [0.5, 0.6) is 5.75 Å². The van der Waals surface area contributed by atoms with Gasteiger partial charge in [-0.05, 0) is 36.4 Å². The molecule has 0 fully saturated rings. The third-order valence-corrected chi connectivity index (χ3v) is 4.34. The molecule has 0 radical (unpaired) electrons. The summed E-state index contributed by atoms with van der Waals surface area (Å²) < 4.78 is 16.9. The van der Waals surface area contributed by atoms with Crippen LogP contribution in [0.25, 0.3) is 0 Å². The van der Waals surface area contributed by atoms with Crippen LogP contribution in [0.1, 0.15) is 10.4 Å². The summed E-state index contributed by atoms with van der Waals surface area (Å²) in [5.41, 5.74) is 1.37. The molecule has 0 aromatic heterocycles. The average Bonchev–Trinajstić information content (AvgIpc) is 2.53. The van der Waals surface area contributed by atoms with E-state index in [2.05, 4.69) is 0 Å². The monoisotopic (exact) mass is 301 g/mol. The van der Waals surface area contributed by atoms with Gasteiger partial charge in [0.05, 0.1) is 12.2 Å². The van der Waals surface area contributed by atoms with Crippen molar-refractivity contribution in [1.29, 1.82) is 0 Å². The molecule has 0 N–H and O–H groups in total. The molecule has 1 amide bonds. The molecule has 2 aromatic carbocycles. The Labute approximate surface area is 125 Å². The molecule has 2 aromatic rings. The van der Waals surface area contributed by atoms with Gasteiger partial charge in [0.1, 0.15) is 12.4 Å². The van der Waals surface area contributed by atoms with Crippen molar-refractivity contribution >= 4 is 22.4 Å². The summed E-state index contributed by atoms with van der Waals surface area (Å²) in [7, 11) is -1.04. The Morgan fingerprint density at radius 2 is 1.86 bits per heavy atom. The second-order valence-corrected chi connectivity index (χ2v) is 6.13. The second-order valence-electron chi connectivity index (χ2n) is 4.75. The molecule has 0 saturated heterocycles. The van der Waals surface area contributed by atoms with E-state index in [1.807, 2.05) is 24.3 Å². The molecule has 108 valence electrons. The van der Waals surface area contributed by atoms with E-state index >= 15 is 0 Å². The predicted octanol–water partition coefficient (Wildman–Crippen LogP) is 2.46. The van der Waals surface area contributed by atoms with E-state index in [1.54, 1.807) is 35.4 Å². The maximum atomic E-state index is 12.6. The highest BCUT2D eigenvalue weighted by Gasteiger charge is 2.24. The average molecular weight is 301 g/mol. The minimum atomic E-state index is -1.04. The number of amides is 1. The summed E-state index contributed by atoms with van der Waals surface area (Å²) >= 11 is 0. The molecule has 1 heterocycles. The number of carbonyl (C=O) groups excluding carboxylic acids is 1. The highest BCUT2D eigenvalue weighted by molar-refractivity contribution is 7.84. The zero-order valence-corrected chi connectivity index (χ0v) is 12.4. The van der Waals surface area contributed by atoms with E-state index in [9.17, 15) is 9.00 Å². The molecule has 3 rings (SSSR count). The van der Waals surface area contributed by atoms with Crippen LogP contribution in [0.15, 0.2) is 53.4 Å². The highest BCUT2D eigenvalue weighted by atomic mass is 32.2. The summed E-state index contributed by atoms with van der Waals surface area (Å²) in [6.45, 7) is 1.01. The first kappa shape index (κ1) is 13.8. The largest absolute Gasteiger partial charge is 0.490 e. The number of rotatable bonds is 2. The number of nitrogens with zero attached hydrogens (tertiary/aromatic N) is 1. The van der Waals surface area contributed by atoms with E-state index in [0.717, 1.165) is 11.4 Å². The van der Waals surface area contributed by atoms with Crippen molar-refractivity contribution in [3.8, 4) is 5.75 Å². The molecule has 0 spiro atoms. The van der Waals surface area contributed by atoms with Crippen LogP contribution in [0, 0.1) is 0 Å². The Morgan fingerprint density at radius 1 is 1.14 bits per heavy atom. The van der Waals surface area contributed by atoms with Crippen molar-refractivity contribution < 1.29 is 13.7 Å². The van der Waals surface area contributed by atoms with Crippen molar-refractivity contribution in [3.05, 3.63) is 54.1 Å². The molecule has 5 heteroatoms. The van der Waals surface area contributed by atoms with Gasteiger partial charge in [-0.15, -0.1) is 0 Å². The van der Waals surface area contributed by atoms with Crippen LogP contribution in [0.3, 0.4) is 0 Å². The first-order valence-electron chi connectivity index (χ1n) is 6.64. The molecule has 4 nitrogen and oxygen atoms in total. The van der Waals surface area contributed by atoms with E-state index < -0.39 is 10.8 Å². The zero-order valence-electron chi connectivity index (χ0n) is 11.6. The third kappa shape index (κ3) is 2.69. The van der Waals surface area contributed by atoms with Crippen LogP contribution >= 0.6 is 0 Å². The smallest absolute Gasteiger partial charge is 0.258 e. The Hall–Kier alpha value is -2.14. The maximum absolute atomic E-state index is 12.6. The second kappa shape index (κ2) is 5.69. The summed E-state index contributed by atoms with van der Waals surface area (Å²) in [6.07, 6.45) is 1.62. The highest BCUT2D eigenvalue weighted by Crippen LogP contribution is 2.31. The van der Waals surface area contributed by atoms with Crippen LogP contribution in [0.4, 0.5) is 5.69 Å². The first-order chi connectivity index (χ1) is 10.2. The summed E-state index contributed by atoms with van der Waals surface area (Å²) in [6, 6.07) is 14.4. The lowest BCUT2D eigenvalue weighted by atomic mass is 10.1. The van der Waals surface area contributed by atoms with Gasteiger partial charge in [-0.25, -0.2) is 0 Å². The summed E-state index contributed by atoms with van der Waals surface area (Å²) in [4.78, 5) is 15.1. The van der Waals surface area contributed by atoms with Gasteiger partial charge in [0.2, 0.25) is 0 Å². The topological polar surface area (TPSA) is 46.6 Å². The van der Waals surface area contributed by atoms with Gasteiger partial charge >= 0.3 is 0 Å². The molecule has 21 heavy (non-hydrogen) atoms.